The third-order valence-corrected chi connectivity index (χ3v) is 4.19. The van der Waals surface area contributed by atoms with Crippen LogP contribution in [-0.4, -0.2) is 36.5 Å². The third kappa shape index (κ3) is 2.10. The van der Waals surface area contributed by atoms with Crippen LogP contribution in [0.4, 0.5) is 0 Å². The average Bonchev–Trinajstić information content (AvgIpc) is 2.84. The van der Waals surface area contributed by atoms with Crippen LogP contribution < -0.4 is 5.32 Å². The van der Waals surface area contributed by atoms with Gasteiger partial charge in [-0.2, -0.15) is 0 Å². The SMILES string of the molecule is CC(C)C1CCCN1C(=O)[C@@H]1CNC[C@H]1C. The molecule has 92 valence electrons. The van der Waals surface area contributed by atoms with Crippen molar-refractivity contribution in [3.63, 3.8) is 0 Å². The van der Waals surface area contributed by atoms with Crippen LogP contribution in [0.25, 0.3) is 0 Å². The molecule has 1 amide bonds. The van der Waals surface area contributed by atoms with Gasteiger partial charge in [0.2, 0.25) is 5.91 Å². The molecule has 2 rings (SSSR count). The summed E-state index contributed by atoms with van der Waals surface area (Å²) >= 11 is 0. The topological polar surface area (TPSA) is 32.3 Å². The van der Waals surface area contributed by atoms with Gasteiger partial charge in [-0.05, 0) is 31.2 Å². The van der Waals surface area contributed by atoms with Crippen molar-refractivity contribution in [1.82, 2.24) is 10.2 Å². The van der Waals surface area contributed by atoms with Gasteiger partial charge in [-0.15, -0.1) is 0 Å². The summed E-state index contributed by atoms with van der Waals surface area (Å²) in [4.78, 5) is 14.6. The number of hydrogen-bond acceptors (Lipinski definition) is 2. The minimum absolute atomic E-state index is 0.222. The molecule has 2 saturated heterocycles. The molecule has 3 nitrogen and oxygen atoms in total. The molecule has 1 N–H and O–H groups in total. The molecule has 2 heterocycles. The molecule has 0 saturated carbocycles. The van der Waals surface area contributed by atoms with Crippen molar-refractivity contribution < 1.29 is 4.79 Å². The summed E-state index contributed by atoms with van der Waals surface area (Å²) in [5, 5.41) is 3.32. The predicted octanol–water partition coefficient (Wildman–Crippen LogP) is 1.49. The number of nitrogens with zero attached hydrogens (tertiary/aromatic N) is 1. The normalized spacial score (nSPS) is 35.0. The Bertz CT molecular complexity index is 265. The molecule has 0 aromatic rings. The minimum Gasteiger partial charge on any atom is -0.339 e. The molecule has 2 fully saturated rings. The Morgan fingerprint density at radius 3 is 2.69 bits per heavy atom. The smallest absolute Gasteiger partial charge is 0.227 e. The number of carbonyl (C=O) groups is 1. The molecule has 0 aromatic heterocycles. The average molecular weight is 224 g/mol. The van der Waals surface area contributed by atoms with E-state index >= 15 is 0 Å². The van der Waals surface area contributed by atoms with E-state index in [1.54, 1.807) is 0 Å². The highest BCUT2D eigenvalue weighted by Crippen LogP contribution is 2.28. The number of carbonyl (C=O) groups excluding carboxylic acids is 1. The lowest BCUT2D eigenvalue weighted by Crippen LogP contribution is -2.43. The number of nitrogens with one attached hydrogen (secondary N) is 1. The van der Waals surface area contributed by atoms with E-state index in [2.05, 4.69) is 31.0 Å². The molecule has 3 atom stereocenters. The first-order valence-electron chi connectivity index (χ1n) is 6.62. The van der Waals surface area contributed by atoms with E-state index in [9.17, 15) is 4.79 Å². The highest BCUT2D eigenvalue weighted by Gasteiger charge is 2.38. The second kappa shape index (κ2) is 4.74. The summed E-state index contributed by atoms with van der Waals surface area (Å²) in [6.45, 7) is 9.49. The zero-order chi connectivity index (χ0) is 11.7. The van der Waals surface area contributed by atoms with Gasteiger partial charge in [-0.3, -0.25) is 4.79 Å². The van der Waals surface area contributed by atoms with Gasteiger partial charge in [0.25, 0.3) is 0 Å². The van der Waals surface area contributed by atoms with E-state index in [0.717, 1.165) is 19.6 Å². The number of likely N-dealkylation sites (tertiary alicyclic amines) is 1. The largest absolute Gasteiger partial charge is 0.339 e. The fourth-order valence-electron chi connectivity index (χ4n) is 3.11. The lowest BCUT2D eigenvalue weighted by molar-refractivity contribution is -0.137. The molecule has 16 heavy (non-hydrogen) atoms. The fourth-order valence-corrected chi connectivity index (χ4v) is 3.11. The molecular formula is C13H24N2O. The summed E-state index contributed by atoms with van der Waals surface area (Å²) in [5.74, 6) is 1.71. The summed E-state index contributed by atoms with van der Waals surface area (Å²) in [7, 11) is 0. The molecule has 1 unspecified atom stereocenters. The maximum absolute atomic E-state index is 12.5. The lowest BCUT2D eigenvalue weighted by Gasteiger charge is -2.30. The second-order valence-corrected chi connectivity index (χ2v) is 5.73. The van der Waals surface area contributed by atoms with E-state index in [0.29, 0.717) is 23.8 Å². The van der Waals surface area contributed by atoms with Gasteiger partial charge in [0, 0.05) is 19.1 Å². The Hall–Kier alpha value is -0.570. The highest BCUT2D eigenvalue weighted by molar-refractivity contribution is 5.80. The molecule has 3 heteroatoms. The van der Waals surface area contributed by atoms with E-state index < -0.39 is 0 Å². The Morgan fingerprint density at radius 1 is 1.38 bits per heavy atom. The first-order chi connectivity index (χ1) is 7.61. The monoisotopic (exact) mass is 224 g/mol. The van der Waals surface area contributed by atoms with Gasteiger partial charge in [-0.1, -0.05) is 20.8 Å². The molecule has 0 bridgehead atoms. The van der Waals surface area contributed by atoms with Gasteiger partial charge in [0.15, 0.2) is 0 Å². The predicted molar refractivity (Wildman–Crippen MR) is 65.1 cm³/mol. The Kier molecular flexibility index (Phi) is 3.53. The lowest BCUT2D eigenvalue weighted by atomic mass is 9.95. The van der Waals surface area contributed by atoms with Crippen molar-refractivity contribution in [2.24, 2.45) is 17.8 Å². The van der Waals surface area contributed by atoms with Crippen molar-refractivity contribution in [2.45, 2.75) is 39.7 Å². The fraction of sp³-hybridized carbons (Fsp3) is 0.923. The van der Waals surface area contributed by atoms with Gasteiger partial charge in [0.1, 0.15) is 0 Å². The van der Waals surface area contributed by atoms with Gasteiger partial charge in [-0.25, -0.2) is 0 Å². The first kappa shape index (κ1) is 11.9. The van der Waals surface area contributed by atoms with Crippen LogP contribution in [0.15, 0.2) is 0 Å². The summed E-state index contributed by atoms with van der Waals surface area (Å²) < 4.78 is 0. The Morgan fingerprint density at radius 2 is 2.12 bits per heavy atom. The molecule has 0 spiro atoms. The molecule has 0 aromatic carbocycles. The number of amides is 1. The van der Waals surface area contributed by atoms with Crippen molar-refractivity contribution >= 4 is 5.91 Å². The van der Waals surface area contributed by atoms with Crippen LogP contribution in [0.1, 0.15) is 33.6 Å². The van der Waals surface area contributed by atoms with Gasteiger partial charge < -0.3 is 10.2 Å². The van der Waals surface area contributed by atoms with Crippen LogP contribution in [0.5, 0.6) is 0 Å². The first-order valence-corrected chi connectivity index (χ1v) is 6.62. The maximum Gasteiger partial charge on any atom is 0.227 e. The molecular weight excluding hydrogens is 200 g/mol. The number of rotatable bonds is 2. The second-order valence-electron chi connectivity index (χ2n) is 5.73. The van der Waals surface area contributed by atoms with Crippen molar-refractivity contribution in [3.8, 4) is 0 Å². The van der Waals surface area contributed by atoms with Crippen LogP contribution >= 0.6 is 0 Å². The van der Waals surface area contributed by atoms with Crippen LogP contribution in [-0.2, 0) is 4.79 Å². The molecule has 2 aliphatic rings. The number of hydrogen-bond donors (Lipinski definition) is 1. The summed E-state index contributed by atoms with van der Waals surface area (Å²) in [6, 6.07) is 0.486. The highest BCUT2D eigenvalue weighted by atomic mass is 16.2. The quantitative estimate of drug-likeness (QED) is 0.770. The van der Waals surface area contributed by atoms with Crippen LogP contribution in [0.2, 0.25) is 0 Å². The van der Waals surface area contributed by atoms with E-state index in [1.165, 1.54) is 12.8 Å². The third-order valence-electron chi connectivity index (χ3n) is 4.19. The standard InChI is InChI=1S/C13H24N2O/c1-9(2)12-5-4-6-15(12)13(16)11-8-14-7-10(11)3/h9-12,14H,4-8H2,1-3H3/t10-,11-,12?/m1/s1. The zero-order valence-corrected chi connectivity index (χ0v) is 10.7. The van der Waals surface area contributed by atoms with Crippen LogP contribution in [0, 0.1) is 17.8 Å². The maximum atomic E-state index is 12.5. The van der Waals surface area contributed by atoms with E-state index in [1.807, 2.05) is 0 Å². The molecule has 0 radical (unpaired) electrons. The van der Waals surface area contributed by atoms with Crippen molar-refractivity contribution in [2.75, 3.05) is 19.6 Å². The van der Waals surface area contributed by atoms with Gasteiger partial charge in [0.05, 0.1) is 5.92 Å². The van der Waals surface area contributed by atoms with Crippen molar-refractivity contribution in [1.29, 1.82) is 0 Å². The summed E-state index contributed by atoms with van der Waals surface area (Å²) in [5.41, 5.74) is 0. The van der Waals surface area contributed by atoms with Crippen LogP contribution in [0.3, 0.4) is 0 Å². The van der Waals surface area contributed by atoms with Gasteiger partial charge >= 0.3 is 0 Å². The Balaban J connectivity index is 2.03. The van der Waals surface area contributed by atoms with Crippen molar-refractivity contribution in [3.05, 3.63) is 0 Å². The minimum atomic E-state index is 0.222. The Labute approximate surface area is 98.6 Å². The zero-order valence-electron chi connectivity index (χ0n) is 10.7. The van der Waals surface area contributed by atoms with E-state index in [4.69, 9.17) is 0 Å². The molecule has 0 aliphatic carbocycles. The summed E-state index contributed by atoms with van der Waals surface area (Å²) in [6.07, 6.45) is 2.38. The molecule has 2 aliphatic heterocycles. The van der Waals surface area contributed by atoms with E-state index in [-0.39, 0.29) is 5.92 Å².